The number of hydrogen-bond acceptors (Lipinski definition) is 7. The highest BCUT2D eigenvalue weighted by atomic mass is 32.2. The maximum absolute atomic E-state index is 12.0. The summed E-state index contributed by atoms with van der Waals surface area (Å²) >= 11 is 1.69. The molecule has 0 radical (unpaired) electrons. The second-order valence-electron chi connectivity index (χ2n) is 6.74. The molecule has 1 saturated heterocycles. The Morgan fingerprint density at radius 3 is 2.88 bits per heavy atom. The van der Waals surface area contributed by atoms with Gasteiger partial charge in [0.1, 0.15) is 0 Å². The van der Waals surface area contributed by atoms with E-state index in [1.165, 1.54) is 0 Å². The lowest BCUT2D eigenvalue weighted by Crippen LogP contribution is -2.39. The average Bonchev–Trinajstić information content (AvgIpc) is 3.15. The number of hydrogen-bond donors (Lipinski definition) is 0. The molecule has 1 fully saturated rings. The minimum atomic E-state index is -3.03. The molecule has 3 heterocycles. The minimum Gasteiger partial charge on any atom is -0.454 e. The molecule has 0 amide bonds. The van der Waals surface area contributed by atoms with Crippen molar-refractivity contribution in [3.05, 3.63) is 18.2 Å². The summed E-state index contributed by atoms with van der Waals surface area (Å²) in [4.78, 5) is 6.80. The van der Waals surface area contributed by atoms with Gasteiger partial charge >= 0.3 is 0 Å². The molecule has 1 aromatic carbocycles. The highest BCUT2D eigenvalue weighted by molar-refractivity contribution is 8.14. The van der Waals surface area contributed by atoms with Crippen molar-refractivity contribution in [1.29, 1.82) is 0 Å². The normalized spacial score (nSPS) is 26.8. The third-order valence-corrected chi connectivity index (χ3v) is 7.38. The average molecular weight is 368 g/mol. The maximum Gasteiger partial charge on any atom is 0.231 e. The molecule has 0 saturated carbocycles. The van der Waals surface area contributed by atoms with Crippen molar-refractivity contribution in [1.82, 2.24) is 0 Å². The zero-order chi connectivity index (χ0) is 16.9. The smallest absolute Gasteiger partial charge is 0.231 e. The zero-order valence-corrected chi connectivity index (χ0v) is 15.3. The van der Waals surface area contributed by atoms with Gasteiger partial charge in [0.2, 0.25) is 6.79 Å². The van der Waals surface area contributed by atoms with Crippen LogP contribution in [0.4, 0.5) is 5.69 Å². The number of ether oxygens (including phenoxy) is 2. The van der Waals surface area contributed by atoms with Gasteiger partial charge in [-0.15, -0.1) is 0 Å². The number of aliphatic imine (C=N–C) groups is 1. The van der Waals surface area contributed by atoms with Gasteiger partial charge in [0.15, 0.2) is 26.5 Å². The Morgan fingerprint density at radius 1 is 1.29 bits per heavy atom. The van der Waals surface area contributed by atoms with Gasteiger partial charge < -0.3 is 14.4 Å². The standard InChI is InChI=1S/C16H20N2O4S2/c1-10(2)6-23-16-17-12-7-24(19,20)8-13(12)18(16)11-3-4-14-15(5-11)22-9-21-14/h3-5,10,12-13H,6-9H2,1-2H3/t12-,13+/m1/s1. The molecular weight excluding hydrogens is 348 g/mol. The van der Waals surface area contributed by atoms with E-state index in [2.05, 4.69) is 18.7 Å². The fraction of sp³-hybridized carbons (Fsp3) is 0.562. The summed E-state index contributed by atoms with van der Waals surface area (Å²) in [6.07, 6.45) is 0. The molecule has 0 bridgehead atoms. The van der Waals surface area contributed by atoms with Crippen LogP contribution in [-0.4, -0.2) is 49.7 Å². The van der Waals surface area contributed by atoms with E-state index in [4.69, 9.17) is 14.5 Å². The summed E-state index contributed by atoms with van der Waals surface area (Å²) in [5.74, 6) is 3.21. The van der Waals surface area contributed by atoms with Crippen molar-refractivity contribution in [2.75, 3.05) is 29.0 Å². The van der Waals surface area contributed by atoms with Crippen molar-refractivity contribution in [3.8, 4) is 11.5 Å². The number of nitrogens with zero attached hydrogens (tertiary/aromatic N) is 2. The van der Waals surface area contributed by atoms with Crippen molar-refractivity contribution in [2.24, 2.45) is 10.9 Å². The van der Waals surface area contributed by atoms with E-state index in [0.717, 1.165) is 22.4 Å². The fourth-order valence-electron chi connectivity index (χ4n) is 3.21. The van der Waals surface area contributed by atoms with Gasteiger partial charge in [0.25, 0.3) is 0 Å². The van der Waals surface area contributed by atoms with Crippen molar-refractivity contribution < 1.29 is 17.9 Å². The number of thioether (sulfide) groups is 1. The van der Waals surface area contributed by atoms with Crippen molar-refractivity contribution >= 4 is 32.5 Å². The Hall–Kier alpha value is -1.41. The molecule has 24 heavy (non-hydrogen) atoms. The van der Waals surface area contributed by atoms with Crippen LogP contribution < -0.4 is 14.4 Å². The van der Waals surface area contributed by atoms with Crippen LogP contribution in [0.2, 0.25) is 0 Å². The van der Waals surface area contributed by atoms with Crippen molar-refractivity contribution in [2.45, 2.75) is 25.9 Å². The molecule has 0 N–H and O–H groups in total. The van der Waals surface area contributed by atoms with Crippen LogP contribution >= 0.6 is 11.8 Å². The van der Waals surface area contributed by atoms with Crippen LogP contribution in [0.5, 0.6) is 11.5 Å². The van der Waals surface area contributed by atoms with Gasteiger partial charge in [-0.25, -0.2) is 8.42 Å². The Labute approximate surface area is 146 Å². The third-order valence-electron chi connectivity index (χ3n) is 4.29. The Kier molecular flexibility index (Phi) is 3.91. The molecule has 1 aromatic rings. The number of amidine groups is 1. The lowest BCUT2D eigenvalue weighted by atomic mass is 10.1. The first-order valence-corrected chi connectivity index (χ1v) is 10.8. The lowest BCUT2D eigenvalue weighted by Gasteiger charge is -2.26. The predicted molar refractivity (Wildman–Crippen MR) is 96.0 cm³/mol. The van der Waals surface area contributed by atoms with E-state index in [9.17, 15) is 8.42 Å². The molecule has 130 valence electrons. The highest BCUT2D eigenvalue weighted by Crippen LogP contribution is 2.40. The van der Waals surface area contributed by atoms with E-state index in [1.54, 1.807) is 11.8 Å². The van der Waals surface area contributed by atoms with E-state index in [-0.39, 0.29) is 30.4 Å². The summed E-state index contributed by atoms with van der Waals surface area (Å²) in [6.45, 7) is 4.56. The summed E-state index contributed by atoms with van der Waals surface area (Å²) < 4.78 is 34.9. The topological polar surface area (TPSA) is 68.2 Å². The Morgan fingerprint density at radius 2 is 2.08 bits per heavy atom. The van der Waals surface area contributed by atoms with Crippen LogP contribution in [0.3, 0.4) is 0 Å². The third kappa shape index (κ3) is 2.86. The zero-order valence-electron chi connectivity index (χ0n) is 13.6. The number of benzene rings is 1. The van der Waals surface area contributed by atoms with Crippen LogP contribution in [0.15, 0.2) is 23.2 Å². The van der Waals surface area contributed by atoms with Gasteiger partial charge in [0.05, 0.1) is 23.6 Å². The molecule has 0 aliphatic carbocycles. The summed E-state index contributed by atoms with van der Waals surface area (Å²) in [7, 11) is -3.03. The van der Waals surface area contributed by atoms with Crippen molar-refractivity contribution in [3.63, 3.8) is 0 Å². The molecule has 0 aromatic heterocycles. The van der Waals surface area contributed by atoms with Crippen LogP contribution in [0, 0.1) is 5.92 Å². The summed E-state index contributed by atoms with van der Waals surface area (Å²) in [6, 6.07) is 5.45. The number of fused-ring (bicyclic) bond motifs is 2. The van der Waals surface area contributed by atoms with E-state index >= 15 is 0 Å². The molecule has 8 heteroatoms. The number of sulfone groups is 1. The molecule has 3 aliphatic heterocycles. The summed E-state index contributed by atoms with van der Waals surface area (Å²) in [5.41, 5.74) is 0.916. The molecule has 6 nitrogen and oxygen atoms in total. The van der Waals surface area contributed by atoms with E-state index in [1.807, 2.05) is 18.2 Å². The van der Waals surface area contributed by atoms with Gasteiger partial charge in [-0.2, -0.15) is 0 Å². The largest absolute Gasteiger partial charge is 0.454 e. The minimum absolute atomic E-state index is 0.120. The first kappa shape index (κ1) is 16.1. The molecule has 2 atom stereocenters. The SMILES string of the molecule is CC(C)CSC1=N[C@@H]2CS(=O)(=O)C[C@@H]2N1c1ccc2c(c1)OCO2. The number of anilines is 1. The van der Waals surface area contributed by atoms with Gasteiger partial charge in [-0.05, 0) is 18.1 Å². The quantitative estimate of drug-likeness (QED) is 0.814. The Balaban J connectivity index is 1.68. The second-order valence-corrected chi connectivity index (χ2v) is 9.88. The maximum atomic E-state index is 12.0. The van der Waals surface area contributed by atoms with Crippen LogP contribution in [-0.2, 0) is 9.84 Å². The monoisotopic (exact) mass is 368 g/mol. The van der Waals surface area contributed by atoms with E-state index < -0.39 is 9.84 Å². The highest BCUT2D eigenvalue weighted by Gasteiger charge is 2.47. The Bertz CT molecular complexity index is 791. The fourth-order valence-corrected chi connectivity index (χ4v) is 6.13. The van der Waals surface area contributed by atoms with E-state index in [0.29, 0.717) is 11.7 Å². The van der Waals surface area contributed by atoms with Gasteiger partial charge in [0, 0.05) is 17.5 Å². The molecular formula is C16H20N2O4S2. The molecule has 4 rings (SSSR count). The molecule has 0 spiro atoms. The van der Waals surface area contributed by atoms with Crippen LogP contribution in [0.25, 0.3) is 0 Å². The predicted octanol–water partition coefficient (Wildman–Crippen LogP) is 2.15. The molecule has 0 unspecified atom stereocenters. The molecule has 3 aliphatic rings. The summed E-state index contributed by atoms with van der Waals surface area (Å²) in [5, 5.41) is 0.910. The van der Waals surface area contributed by atoms with Gasteiger partial charge in [-0.1, -0.05) is 25.6 Å². The second kappa shape index (κ2) is 5.84. The lowest BCUT2D eigenvalue weighted by molar-refractivity contribution is 0.174. The number of rotatable bonds is 3. The first-order valence-electron chi connectivity index (χ1n) is 8.03. The van der Waals surface area contributed by atoms with Crippen LogP contribution in [0.1, 0.15) is 13.8 Å². The van der Waals surface area contributed by atoms with Gasteiger partial charge in [-0.3, -0.25) is 4.99 Å². The first-order chi connectivity index (χ1) is 11.4.